The van der Waals surface area contributed by atoms with Crippen LogP contribution in [0.1, 0.15) is 24.2 Å². The molecule has 100 valence electrons. The monoisotopic (exact) mass is 271 g/mol. The molecule has 1 aromatic carbocycles. The molecule has 0 fully saturated rings. The number of rotatable bonds is 5. The van der Waals surface area contributed by atoms with Gasteiger partial charge in [0.15, 0.2) is 0 Å². The van der Waals surface area contributed by atoms with Gasteiger partial charge in [-0.05, 0) is 18.2 Å². The van der Waals surface area contributed by atoms with E-state index in [0.717, 1.165) is 0 Å². The van der Waals surface area contributed by atoms with Crippen molar-refractivity contribution in [1.29, 1.82) is 0 Å². The molecule has 1 amide bonds. The molecule has 18 heavy (non-hydrogen) atoms. The minimum absolute atomic E-state index is 0.0000389. The van der Waals surface area contributed by atoms with Crippen LogP contribution in [0.3, 0.4) is 0 Å². The lowest BCUT2D eigenvalue weighted by Gasteiger charge is -2.22. The molecule has 4 nitrogen and oxygen atoms in total. The van der Waals surface area contributed by atoms with Crippen molar-refractivity contribution < 1.29 is 14.6 Å². The standard InChI is InChI=1S/C13H18ClNO3/c1-13(2,8-16)7-15-12(17)10-6-9(14)4-5-11(10)18-3/h4-6,16H,7-8H2,1-3H3,(H,15,17). The fourth-order valence-electron chi connectivity index (χ4n) is 1.33. The molecule has 0 saturated carbocycles. The minimum atomic E-state index is -0.360. The number of aliphatic hydroxyl groups excluding tert-OH is 1. The Morgan fingerprint density at radius 1 is 1.50 bits per heavy atom. The third-order valence-electron chi connectivity index (χ3n) is 2.56. The van der Waals surface area contributed by atoms with E-state index < -0.39 is 0 Å². The highest BCUT2D eigenvalue weighted by Crippen LogP contribution is 2.22. The van der Waals surface area contributed by atoms with E-state index in [9.17, 15) is 4.79 Å². The summed E-state index contributed by atoms with van der Waals surface area (Å²) in [6, 6.07) is 4.87. The number of halogens is 1. The lowest BCUT2D eigenvalue weighted by atomic mass is 9.95. The molecule has 2 N–H and O–H groups in total. The number of benzene rings is 1. The van der Waals surface area contributed by atoms with Gasteiger partial charge in [0.05, 0.1) is 12.7 Å². The Kier molecular flexibility index (Phi) is 4.99. The molecule has 0 bridgehead atoms. The molecule has 5 heteroatoms. The van der Waals surface area contributed by atoms with Crippen LogP contribution in [0.15, 0.2) is 18.2 Å². The molecule has 0 unspecified atom stereocenters. The van der Waals surface area contributed by atoms with Crippen molar-refractivity contribution in [3.05, 3.63) is 28.8 Å². The SMILES string of the molecule is COc1ccc(Cl)cc1C(=O)NCC(C)(C)CO. The molecule has 0 aliphatic heterocycles. The first-order chi connectivity index (χ1) is 8.39. The predicted molar refractivity (Wildman–Crippen MR) is 71.2 cm³/mol. The largest absolute Gasteiger partial charge is 0.496 e. The maximum absolute atomic E-state index is 12.0. The first-order valence-electron chi connectivity index (χ1n) is 5.62. The Labute approximate surface area is 112 Å². The molecule has 0 aromatic heterocycles. The molecule has 0 heterocycles. The summed E-state index contributed by atoms with van der Waals surface area (Å²) in [5.74, 6) is 0.203. The molecule has 0 aliphatic carbocycles. The van der Waals surface area contributed by atoms with Crippen molar-refractivity contribution in [2.24, 2.45) is 5.41 Å². The summed E-state index contributed by atoms with van der Waals surface area (Å²) in [5.41, 5.74) is 0.0281. The maximum Gasteiger partial charge on any atom is 0.255 e. The van der Waals surface area contributed by atoms with Crippen LogP contribution in [0.25, 0.3) is 0 Å². The zero-order chi connectivity index (χ0) is 13.8. The molecular formula is C13H18ClNO3. The number of carbonyl (C=O) groups excluding carboxylic acids is 1. The summed E-state index contributed by atoms with van der Waals surface area (Å²) in [4.78, 5) is 12.0. The van der Waals surface area contributed by atoms with Gasteiger partial charge in [0.1, 0.15) is 5.75 Å². The number of hydrogen-bond donors (Lipinski definition) is 2. The van der Waals surface area contributed by atoms with Gasteiger partial charge >= 0.3 is 0 Å². The van der Waals surface area contributed by atoms with Crippen LogP contribution in [-0.2, 0) is 0 Å². The van der Waals surface area contributed by atoms with Gasteiger partial charge in [-0.3, -0.25) is 4.79 Å². The van der Waals surface area contributed by atoms with Crippen molar-refractivity contribution in [2.75, 3.05) is 20.3 Å². The van der Waals surface area contributed by atoms with E-state index in [1.54, 1.807) is 18.2 Å². The van der Waals surface area contributed by atoms with Crippen molar-refractivity contribution in [1.82, 2.24) is 5.32 Å². The van der Waals surface area contributed by atoms with E-state index in [2.05, 4.69) is 5.32 Å². The van der Waals surface area contributed by atoms with E-state index in [1.807, 2.05) is 13.8 Å². The topological polar surface area (TPSA) is 58.6 Å². The summed E-state index contributed by atoms with van der Waals surface area (Å²) >= 11 is 5.86. The number of nitrogens with one attached hydrogen (secondary N) is 1. The van der Waals surface area contributed by atoms with Crippen molar-refractivity contribution in [3.8, 4) is 5.75 Å². The zero-order valence-corrected chi connectivity index (χ0v) is 11.5. The Hall–Kier alpha value is -1.26. The highest BCUT2D eigenvalue weighted by molar-refractivity contribution is 6.31. The molecule has 0 aliphatic rings. The Morgan fingerprint density at radius 3 is 2.72 bits per heavy atom. The van der Waals surface area contributed by atoms with E-state index in [4.69, 9.17) is 21.4 Å². The highest BCUT2D eigenvalue weighted by atomic mass is 35.5. The molecular weight excluding hydrogens is 254 g/mol. The number of carbonyl (C=O) groups is 1. The van der Waals surface area contributed by atoms with Gasteiger partial charge < -0.3 is 15.2 Å². The third-order valence-corrected chi connectivity index (χ3v) is 2.80. The number of amides is 1. The zero-order valence-electron chi connectivity index (χ0n) is 10.8. The van der Waals surface area contributed by atoms with Crippen LogP contribution in [0, 0.1) is 5.41 Å². The number of hydrogen-bond acceptors (Lipinski definition) is 3. The van der Waals surface area contributed by atoms with Crippen LogP contribution in [-0.4, -0.2) is 31.3 Å². The first-order valence-corrected chi connectivity index (χ1v) is 6.00. The number of aliphatic hydroxyl groups is 1. The van der Waals surface area contributed by atoms with Crippen LogP contribution in [0.5, 0.6) is 5.75 Å². The van der Waals surface area contributed by atoms with Crippen LogP contribution < -0.4 is 10.1 Å². The van der Waals surface area contributed by atoms with Gasteiger partial charge in [0, 0.05) is 23.6 Å². The summed E-state index contributed by atoms with van der Waals surface area (Å²) in [6.07, 6.45) is 0. The quantitative estimate of drug-likeness (QED) is 0.862. The average Bonchev–Trinajstić information content (AvgIpc) is 2.36. The lowest BCUT2D eigenvalue weighted by molar-refractivity contribution is 0.0908. The number of methoxy groups -OCH3 is 1. The van der Waals surface area contributed by atoms with Crippen LogP contribution in [0.4, 0.5) is 0 Å². The van der Waals surface area contributed by atoms with E-state index in [-0.39, 0.29) is 17.9 Å². The number of ether oxygens (including phenoxy) is 1. The van der Waals surface area contributed by atoms with Crippen molar-refractivity contribution in [3.63, 3.8) is 0 Å². The van der Waals surface area contributed by atoms with Crippen LogP contribution in [0.2, 0.25) is 5.02 Å². The normalized spacial score (nSPS) is 11.2. The first kappa shape index (κ1) is 14.8. The Balaban J connectivity index is 2.81. The summed E-state index contributed by atoms with van der Waals surface area (Å²) in [5, 5.41) is 12.4. The van der Waals surface area contributed by atoms with E-state index >= 15 is 0 Å². The van der Waals surface area contributed by atoms with E-state index in [1.165, 1.54) is 7.11 Å². The second kappa shape index (κ2) is 6.07. The third kappa shape index (κ3) is 3.89. The predicted octanol–water partition coefficient (Wildman–Crippen LogP) is 2.10. The Bertz CT molecular complexity index is 432. The average molecular weight is 272 g/mol. The van der Waals surface area contributed by atoms with Gasteiger partial charge in [-0.15, -0.1) is 0 Å². The van der Waals surface area contributed by atoms with Crippen molar-refractivity contribution >= 4 is 17.5 Å². The fraction of sp³-hybridized carbons (Fsp3) is 0.462. The summed E-state index contributed by atoms with van der Waals surface area (Å²) in [7, 11) is 1.50. The van der Waals surface area contributed by atoms with Gasteiger partial charge in [-0.1, -0.05) is 25.4 Å². The molecule has 0 atom stereocenters. The molecule has 1 aromatic rings. The highest BCUT2D eigenvalue weighted by Gasteiger charge is 2.19. The molecule has 0 saturated heterocycles. The second-order valence-electron chi connectivity index (χ2n) is 4.85. The van der Waals surface area contributed by atoms with Gasteiger partial charge in [0.25, 0.3) is 5.91 Å². The Morgan fingerprint density at radius 2 is 2.17 bits per heavy atom. The van der Waals surface area contributed by atoms with Gasteiger partial charge in [0.2, 0.25) is 0 Å². The van der Waals surface area contributed by atoms with Gasteiger partial charge in [-0.25, -0.2) is 0 Å². The fourth-order valence-corrected chi connectivity index (χ4v) is 1.50. The minimum Gasteiger partial charge on any atom is -0.496 e. The smallest absolute Gasteiger partial charge is 0.255 e. The second-order valence-corrected chi connectivity index (χ2v) is 5.29. The van der Waals surface area contributed by atoms with E-state index in [0.29, 0.717) is 22.9 Å². The molecule has 0 spiro atoms. The lowest BCUT2D eigenvalue weighted by Crippen LogP contribution is -2.36. The van der Waals surface area contributed by atoms with Crippen molar-refractivity contribution in [2.45, 2.75) is 13.8 Å². The summed E-state index contributed by atoms with van der Waals surface area (Å²) in [6.45, 7) is 4.10. The maximum atomic E-state index is 12.0. The summed E-state index contributed by atoms with van der Waals surface area (Å²) < 4.78 is 5.11. The molecule has 1 rings (SSSR count). The van der Waals surface area contributed by atoms with Crippen LogP contribution >= 0.6 is 11.6 Å². The van der Waals surface area contributed by atoms with Gasteiger partial charge in [-0.2, -0.15) is 0 Å². The molecule has 0 radical (unpaired) electrons.